The summed E-state index contributed by atoms with van der Waals surface area (Å²) in [5.41, 5.74) is 0.621. The highest BCUT2D eigenvalue weighted by molar-refractivity contribution is 7.89. The number of aromatic nitrogens is 2. The zero-order valence-corrected chi connectivity index (χ0v) is 16.0. The normalized spacial score (nSPS) is 18.2. The van der Waals surface area contributed by atoms with Gasteiger partial charge in [0.25, 0.3) is 0 Å². The summed E-state index contributed by atoms with van der Waals surface area (Å²) < 4.78 is 64.6. The van der Waals surface area contributed by atoms with Crippen LogP contribution in [0.4, 0.5) is 8.78 Å². The van der Waals surface area contributed by atoms with Gasteiger partial charge in [-0.2, -0.15) is 18.2 Å². The lowest BCUT2D eigenvalue weighted by Gasteiger charge is -2.25. The minimum Gasteiger partial charge on any atom is -0.497 e. The van der Waals surface area contributed by atoms with E-state index in [-0.39, 0.29) is 10.6 Å². The van der Waals surface area contributed by atoms with E-state index in [1.165, 1.54) is 25.4 Å². The second-order valence-electron chi connectivity index (χ2n) is 6.20. The predicted octanol–water partition coefficient (Wildman–Crippen LogP) is 3.13. The van der Waals surface area contributed by atoms with Crippen LogP contribution in [0.25, 0.3) is 0 Å². The predicted molar refractivity (Wildman–Crippen MR) is 93.6 cm³/mol. The molecular weight excluding hydrogens is 380 g/mol. The van der Waals surface area contributed by atoms with Crippen LogP contribution in [0, 0.1) is 6.92 Å². The first-order chi connectivity index (χ1) is 12.8. The van der Waals surface area contributed by atoms with Gasteiger partial charge in [0.05, 0.1) is 32.2 Å². The molecule has 0 spiro atoms. The van der Waals surface area contributed by atoms with E-state index in [2.05, 4.69) is 5.10 Å². The third kappa shape index (κ3) is 3.39. The van der Waals surface area contributed by atoms with Gasteiger partial charge in [-0.15, -0.1) is 0 Å². The minimum atomic E-state index is -3.99. The molecular formula is C17H21F2N3O4S. The Bertz CT molecular complexity index is 930. The van der Waals surface area contributed by atoms with Gasteiger partial charge in [0.15, 0.2) is 0 Å². The molecule has 1 fully saturated rings. The fourth-order valence-corrected chi connectivity index (χ4v) is 5.24. The Labute approximate surface area is 156 Å². The van der Waals surface area contributed by atoms with Crippen molar-refractivity contribution in [2.75, 3.05) is 20.8 Å². The molecule has 0 bridgehead atoms. The summed E-state index contributed by atoms with van der Waals surface area (Å²) in [5.74, 6) is 1.11. The topological polar surface area (TPSA) is 73.7 Å². The van der Waals surface area contributed by atoms with Gasteiger partial charge < -0.3 is 9.47 Å². The van der Waals surface area contributed by atoms with E-state index in [4.69, 9.17) is 9.47 Å². The summed E-state index contributed by atoms with van der Waals surface area (Å²) in [4.78, 5) is -0.206. The van der Waals surface area contributed by atoms with Crippen molar-refractivity contribution in [2.24, 2.45) is 0 Å². The number of hydrogen-bond donors (Lipinski definition) is 0. The Hall–Kier alpha value is -2.20. The molecule has 7 nitrogen and oxygen atoms in total. The van der Waals surface area contributed by atoms with Crippen molar-refractivity contribution >= 4 is 10.0 Å². The van der Waals surface area contributed by atoms with Gasteiger partial charge >= 0.3 is 6.55 Å². The second-order valence-corrected chi connectivity index (χ2v) is 8.06. The first-order valence-electron chi connectivity index (χ1n) is 8.37. The monoisotopic (exact) mass is 401 g/mol. The van der Waals surface area contributed by atoms with Crippen LogP contribution >= 0.6 is 0 Å². The van der Waals surface area contributed by atoms with E-state index < -0.39 is 22.6 Å². The van der Waals surface area contributed by atoms with Crippen molar-refractivity contribution in [1.29, 1.82) is 0 Å². The molecule has 2 aromatic rings. The highest BCUT2D eigenvalue weighted by Crippen LogP contribution is 2.41. The fourth-order valence-electron chi connectivity index (χ4n) is 3.42. The number of halogens is 2. The van der Waals surface area contributed by atoms with Crippen molar-refractivity contribution < 1.29 is 26.7 Å². The smallest absolute Gasteiger partial charge is 0.333 e. The quantitative estimate of drug-likeness (QED) is 0.744. The van der Waals surface area contributed by atoms with Crippen LogP contribution in [0.1, 0.15) is 36.7 Å². The van der Waals surface area contributed by atoms with Crippen molar-refractivity contribution in [3.63, 3.8) is 0 Å². The summed E-state index contributed by atoms with van der Waals surface area (Å²) in [6.07, 6.45) is 2.24. The van der Waals surface area contributed by atoms with E-state index in [0.717, 1.165) is 6.20 Å². The molecule has 0 aliphatic carbocycles. The molecule has 2 heterocycles. The molecule has 0 N–H and O–H groups in total. The van der Waals surface area contributed by atoms with Gasteiger partial charge in [0, 0.05) is 18.2 Å². The maximum Gasteiger partial charge on any atom is 0.333 e. The van der Waals surface area contributed by atoms with Crippen LogP contribution < -0.4 is 9.47 Å². The highest BCUT2D eigenvalue weighted by Gasteiger charge is 2.39. The minimum absolute atomic E-state index is 0.0858. The summed E-state index contributed by atoms with van der Waals surface area (Å²) in [6, 6.07) is 4.75. The van der Waals surface area contributed by atoms with Crippen LogP contribution in [-0.4, -0.2) is 43.3 Å². The number of rotatable bonds is 6. The fraction of sp³-hybridized carbons (Fsp3) is 0.471. The molecule has 1 saturated heterocycles. The van der Waals surface area contributed by atoms with Gasteiger partial charge in [0.1, 0.15) is 16.4 Å². The molecule has 1 aromatic heterocycles. The molecule has 0 saturated carbocycles. The standard InChI is InChI=1S/C17H21F2N3O4S/c1-11-16(10-20-22(11)17(18)19)27(23,24)21-8-4-5-14(21)13-7-6-12(25-2)9-15(13)26-3/h6-7,9-10,14,17H,4-5,8H2,1-3H3/t14-/m0/s1. The van der Waals surface area contributed by atoms with Crippen molar-refractivity contribution in [3.05, 3.63) is 35.7 Å². The van der Waals surface area contributed by atoms with Crippen LogP contribution in [0.3, 0.4) is 0 Å². The largest absolute Gasteiger partial charge is 0.497 e. The maximum absolute atomic E-state index is 13.2. The van der Waals surface area contributed by atoms with Crippen molar-refractivity contribution in [3.8, 4) is 11.5 Å². The number of benzene rings is 1. The molecule has 1 aliphatic rings. The van der Waals surface area contributed by atoms with Crippen LogP contribution in [-0.2, 0) is 10.0 Å². The zero-order chi connectivity index (χ0) is 19.8. The summed E-state index contributed by atoms with van der Waals surface area (Å²) in [5, 5.41) is 3.53. The number of nitrogens with zero attached hydrogens (tertiary/aromatic N) is 3. The Kier molecular flexibility index (Phi) is 5.38. The Balaban J connectivity index is 2.01. The SMILES string of the molecule is COc1ccc([C@@H]2CCCN2S(=O)(=O)c2cnn(C(F)F)c2C)c(OC)c1. The Morgan fingerprint density at radius 1 is 1.26 bits per heavy atom. The third-order valence-corrected chi connectivity index (χ3v) is 6.79. The molecule has 0 unspecified atom stereocenters. The second kappa shape index (κ2) is 7.43. The van der Waals surface area contributed by atoms with Gasteiger partial charge in [0.2, 0.25) is 10.0 Å². The highest BCUT2D eigenvalue weighted by atomic mass is 32.2. The Morgan fingerprint density at radius 2 is 2.00 bits per heavy atom. The molecule has 3 rings (SSSR count). The molecule has 1 aliphatic heterocycles. The molecule has 0 radical (unpaired) electrons. The van der Waals surface area contributed by atoms with Crippen LogP contribution in [0.2, 0.25) is 0 Å². The molecule has 1 atom stereocenters. The van der Waals surface area contributed by atoms with Gasteiger partial charge in [-0.25, -0.2) is 13.1 Å². The van der Waals surface area contributed by atoms with Crippen molar-refractivity contribution in [2.45, 2.75) is 37.3 Å². The van der Waals surface area contributed by atoms with Crippen LogP contribution in [0.5, 0.6) is 11.5 Å². The Morgan fingerprint density at radius 3 is 2.59 bits per heavy atom. The lowest BCUT2D eigenvalue weighted by atomic mass is 10.0. The molecule has 10 heteroatoms. The summed E-state index contributed by atoms with van der Waals surface area (Å²) >= 11 is 0. The number of alkyl halides is 2. The molecule has 0 amide bonds. The van der Waals surface area contributed by atoms with Gasteiger partial charge in [-0.1, -0.05) is 6.07 Å². The molecule has 148 valence electrons. The lowest BCUT2D eigenvalue weighted by Crippen LogP contribution is -2.31. The number of methoxy groups -OCH3 is 2. The van der Waals surface area contributed by atoms with Gasteiger partial charge in [-0.3, -0.25) is 0 Å². The number of sulfonamides is 1. The van der Waals surface area contributed by atoms with E-state index >= 15 is 0 Å². The first-order valence-corrected chi connectivity index (χ1v) is 9.81. The average Bonchev–Trinajstić information content (AvgIpc) is 3.28. The number of hydrogen-bond acceptors (Lipinski definition) is 5. The zero-order valence-electron chi connectivity index (χ0n) is 15.2. The first kappa shape index (κ1) is 19.6. The van der Waals surface area contributed by atoms with E-state index in [9.17, 15) is 17.2 Å². The maximum atomic E-state index is 13.2. The van der Waals surface area contributed by atoms with Crippen LogP contribution in [0.15, 0.2) is 29.3 Å². The molecule has 27 heavy (non-hydrogen) atoms. The molecule has 1 aromatic carbocycles. The third-order valence-electron chi connectivity index (χ3n) is 4.77. The van der Waals surface area contributed by atoms with Crippen molar-refractivity contribution in [1.82, 2.24) is 14.1 Å². The van der Waals surface area contributed by atoms with E-state index in [1.54, 1.807) is 18.2 Å². The summed E-state index contributed by atoms with van der Waals surface area (Å²) in [6.45, 7) is -1.28. The van der Waals surface area contributed by atoms with Gasteiger partial charge in [-0.05, 0) is 25.8 Å². The van der Waals surface area contributed by atoms with E-state index in [0.29, 0.717) is 41.1 Å². The average molecular weight is 401 g/mol. The lowest BCUT2D eigenvalue weighted by molar-refractivity contribution is 0.0541. The van der Waals surface area contributed by atoms with E-state index in [1.807, 2.05) is 0 Å². The summed E-state index contributed by atoms with van der Waals surface area (Å²) in [7, 11) is -0.955. The number of ether oxygens (including phenoxy) is 2.